The largest absolute Gasteiger partial charge is 0.479 e. The molecule has 3 aromatic heterocycles. The van der Waals surface area contributed by atoms with E-state index < -0.39 is 0 Å². The number of imidazole rings is 1. The molecule has 1 N–H and O–H groups in total. The van der Waals surface area contributed by atoms with Crippen LogP contribution in [0.4, 0.5) is 0 Å². The van der Waals surface area contributed by atoms with Gasteiger partial charge in [0.05, 0.1) is 19.1 Å². The zero-order chi connectivity index (χ0) is 20.7. The molecule has 1 atom stereocenters. The third-order valence-corrected chi connectivity index (χ3v) is 4.98. The number of fused-ring (bicyclic) bond motifs is 1. The number of furan rings is 1. The molecule has 0 radical (unpaired) electrons. The van der Waals surface area contributed by atoms with E-state index in [-0.39, 0.29) is 6.04 Å². The van der Waals surface area contributed by atoms with E-state index in [0.29, 0.717) is 24.0 Å². The molecule has 4 aromatic rings. The summed E-state index contributed by atoms with van der Waals surface area (Å²) in [5.41, 5.74) is 7.19. The van der Waals surface area contributed by atoms with Crippen molar-refractivity contribution in [3.05, 3.63) is 71.6 Å². The molecule has 5 rings (SSSR count). The number of nitrogens with zero attached hydrogens (tertiary/aromatic N) is 4. The fourth-order valence-corrected chi connectivity index (χ4v) is 3.46. The summed E-state index contributed by atoms with van der Waals surface area (Å²) < 4.78 is 13.4. The summed E-state index contributed by atoms with van der Waals surface area (Å²) in [5, 5.41) is 1.05. The van der Waals surface area contributed by atoms with Crippen LogP contribution in [0, 0.1) is 13.8 Å². The van der Waals surface area contributed by atoms with Crippen LogP contribution in [0.1, 0.15) is 28.8 Å². The number of aryl methyl sites for hydroxylation is 2. The second-order valence-corrected chi connectivity index (χ2v) is 7.24. The molecule has 0 saturated heterocycles. The Hall–Kier alpha value is -3.65. The van der Waals surface area contributed by atoms with E-state index in [9.17, 15) is 0 Å². The van der Waals surface area contributed by atoms with Crippen LogP contribution in [0.2, 0.25) is 0 Å². The molecule has 8 heteroatoms. The van der Waals surface area contributed by atoms with E-state index in [2.05, 4.69) is 21.5 Å². The Morgan fingerprint density at radius 2 is 2.07 bits per heavy atom. The number of hydrogen-bond donors (Lipinski definition) is 1. The quantitative estimate of drug-likeness (QED) is 0.560. The fraction of sp³-hybridized carbons (Fsp3) is 0.227. The average Bonchev–Trinajstić information content (AvgIpc) is 3.39. The Morgan fingerprint density at radius 1 is 1.17 bits per heavy atom. The van der Waals surface area contributed by atoms with Crippen molar-refractivity contribution in [2.45, 2.75) is 19.9 Å². The van der Waals surface area contributed by atoms with Gasteiger partial charge in [-0.25, -0.2) is 15.4 Å². The molecule has 0 spiro atoms. The molecule has 0 fully saturated rings. The van der Waals surface area contributed by atoms with Crippen molar-refractivity contribution in [1.82, 2.24) is 20.0 Å². The van der Waals surface area contributed by atoms with Crippen molar-refractivity contribution in [3.8, 4) is 11.6 Å². The summed E-state index contributed by atoms with van der Waals surface area (Å²) in [6.45, 7) is 4.34. The molecular formula is C22H21N5O3. The van der Waals surface area contributed by atoms with Gasteiger partial charge in [-0.05, 0) is 43.7 Å². The topological polar surface area (TPSA) is 86.7 Å². The Morgan fingerprint density at radius 3 is 2.87 bits per heavy atom. The summed E-state index contributed by atoms with van der Waals surface area (Å²) in [6, 6.07) is 11.7. The van der Waals surface area contributed by atoms with Gasteiger partial charge in [-0.1, -0.05) is 12.1 Å². The van der Waals surface area contributed by atoms with Crippen molar-refractivity contribution in [2.24, 2.45) is 4.99 Å². The first-order chi connectivity index (χ1) is 14.6. The third-order valence-electron chi connectivity index (χ3n) is 4.98. The Kier molecular flexibility index (Phi) is 4.48. The highest BCUT2D eigenvalue weighted by Gasteiger charge is 2.23. The number of nitrogens with one attached hydrogen (secondary N) is 1. The van der Waals surface area contributed by atoms with E-state index in [4.69, 9.17) is 19.0 Å². The highest BCUT2D eigenvalue weighted by atomic mass is 16.6. The number of rotatable bonds is 4. The molecule has 0 amide bonds. The molecule has 1 aliphatic rings. The summed E-state index contributed by atoms with van der Waals surface area (Å²) in [4.78, 5) is 19.2. The Labute approximate surface area is 173 Å². The predicted octanol–water partition coefficient (Wildman–Crippen LogP) is 3.66. The minimum absolute atomic E-state index is 0.266. The maximum Gasteiger partial charge on any atom is 0.238 e. The molecule has 1 aliphatic heterocycles. The first kappa shape index (κ1) is 18.4. The summed E-state index contributed by atoms with van der Waals surface area (Å²) in [5.74, 6) is 1.75. The van der Waals surface area contributed by atoms with Gasteiger partial charge in [0.15, 0.2) is 5.84 Å². The van der Waals surface area contributed by atoms with Crippen molar-refractivity contribution in [3.63, 3.8) is 0 Å². The Bertz CT molecular complexity index is 1260. The highest BCUT2D eigenvalue weighted by Crippen LogP contribution is 2.29. The minimum Gasteiger partial charge on any atom is -0.479 e. The van der Waals surface area contributed by atoms with E-state index in [1.54, 1.807) is 13.4 Å². The lowest BCUT2D eigenvalue weighted by atomic mass is 10.1. The molecule has 0 aliphatic carbocycles. The first-order valence-electron chi connectivity index (χ1n) is 9.63. The van der Waals surface area contributed by atoms with Gasteiger partial charge in [-0.15, -0.1) is 0 Å². The van der Waals surface area contributed by atoms with Crippen LogP contribution < -0.4 is 10.2 Å². The molecule has 0 bridgehead atoms. The molecule has 30 heavy (non-hydrogen) atoms. The number of pyridine rings is 1. The minimum atomic E-state index is -0.266. The number of aliphatic imine (C=N–C) groups is 1. The van der Waals surface area contributed by atoms with Crippen molar-refractivity contribution >= 4 is 16.8 Å². The number of hydroxylamine groups is 1. The fourth-order valence-electron chi connectivity index (χ4n) is 3.46. The second kappa shape index (κ2) is 7.31. The molecule has 0 unspecified atom stereocenters. The number of amidine groups is 1. The lowest BCUT2D eigenvalue weighted by molar-refractivity contribution is 0.0581. The van der Waals surface area contributed by atoms with Crippen LogP contribution in [0.25, 0.3) is 16.7 Å². The zero-order valence-electron chi connectivity index (χ0n) is 16.9. The van der Waals surface area contributed by atoms with Crippen LogP contribution in [0.5, 0.6) is 5.88 Å². The van der Waals surface area contributed by atoms with Crippen molar-refractivity contribution in [2.75, 3.05) is 13.7 Å². The van der Waals surface area contributed by atoms with Gasteiger partial charge < -0.3 is 13.7 Å². The lowest BCUT2D eigenvalue weighted by Crippen LogP contribution is -2.33. The van der Waals surface area contributed by atoms with Gasteiger partial charge in [-0.2, -0.15) is 0 Å². The summed E-state index contributed by atoms with van der Waals surface area (Å²) in [7, 11) is 1.59. The highest BCUT2D eigenvalue weighted by molar-refractivity contribution is 5.97. The van der Waals surface area contributed by atoms with Gasteiger partial charge in [0.25, 0.3) is 0 Å². The summed E-state index contributed by atoms with van der Waals surface area (Å²) in [6.07, 6.45) is 3.64. The Balaban J connectivity index is 1.49. The smallest absolute Gasteiger partial charge is 0.238 e. The number of ether oxygens (including phenoxy) is 1. The van der Waals surface area contributed by atoms with Crippen LogP contribution in [0.3, 0.4) is 0 Å². The van der Waals surface area contributed by atoms with Crippen molar-refractivity contribution in [1.29, 1.82) is 0 Å². The SMILES string of the molecule is COc1nc(C2=N[C@@H](c3cc4ccc(C)cc4o3)CON2)ccc1-n1cnc(C)c1. The third kappa shape index (κ3) is 3.31. The van der Waals surface area contributed by atoms with Gasteiger partial charge in [0.1, 0.15) is 35.4 Å². The number of methoxy groups -OCH3 is 1. The summed E-state index contributed by atoms with van der Waals surface area (Å²) >= 11 is 0. The van der Waals surface area contributed by atoms with Gasteiger partial charge in [0, 0.05) is 11.6 Å². The van der Waals surface area contributed by atoms with Crippen LogP contribution >= 0.6 is 0 Å². The molecule has 8 nitrogen and oxygen atoms in total. The van der Waals surface area contributed by atoms with Crippen LogP contribution in [-0.4, -0.2) is 34.1 Å². The van der Waals surface area contributed by atoms with Gasteiger partial charge in [0.2, 0.25) is 5.88 Å². The van der Waals surface area contributed by atoms with Gasteiger partial charge in [-0.3, -0.25) is 9.83 Å². The van der Waals surface area contributed by atoms with Crippen LogP contribution in [-0.2, 0) is 4.84 Å². The van der Waals surface area contributed by atoms with E-state index in [0.717, 1.165) is 33.7 Å². The van der Waals surface area contributed by atoms with E-state index in [1.165, 1.54) is 0 Å². The normalized spacial score (nSPS) is 16.4. The molecular weight excluding hydrogens is 382 g/mol. The zero-order valence-corrected chi connectivity index (χ0v) is 16.9. The second-order valence-electron chi connectivity index (χ2n) is 7.24. The predicted molar refractivity (Wildman–Crippen MR) is 112 cm³/mol. The average molecular weight is 403 g/mol. The van der Waals surface area contributed by atoms with E-state index in [1.807, 2.05) is 54.9 Å². The van der Waals surface area contributed by atoms with E-state index >= 15 is 0 Å². The lowest BCUT2D eigenvalue weighted by Gasteiger charge is -2.20. The number of aromatic nitrogens is 3. The molecule has 1 aromatic carbocycles. The number of hydrogen-bond acceptors (Lipinski definition) is 7. The van der Waals surface area contributed by atoms with Crippen LogP contribution in [0.15, 0.2) is 58.3 Å². The maximum atomic E-state index is 6.03. The first-order valence-corrected chi connectivity index (χ1v) is 9.63. The van der Waals surface area contributed by atoms with Crippen molar-refractivity contribution < 1.29 is 14.0 Å². The monoisotopic (exact) mass is 403 g/mol. The number of benzene rings is 1. The molecule has 0 saturated carbocycles. The standard InChI is InChI=1S/C22H21N5O3/c1-13-4-5-15-9-20(30-19(15)8-13)17-11-29-26-21(24-17)16-6-7-18(22(25-16)28-3)27-10-14(2)23-12-27/h4-10,12,17H,11H2,1-3H3,(H,24,26)/t17-/m1/s1. The van der Waals surface area contributed by atoms with Gasteiger partial charge >= 0.3 is 0 Å². The molecule has 152 valence electrons. The molecule has 4 heterocycles. The maximum absolute atomic E-state index is 6.03.